The Balaban J connectivity index is 1.76. The van der Waals surface area contributed by atoms with Gasteiger partial charge in [-0.15, -0.1) is 0 Å². The third-order valence-corrected chi connectivity index (χ3v) is 4.07. The molecule has 0 aliphatic heterocycles. The molecule has 0 bridgehead atoms. The quantitative estimate of drug-likeness (QED) is 0.500. The Bertz CT molecular complexity index is 766. The average Bonchev–Trinajstić information content (AvgIpc) is 3.26. The van der Waals surface area contributed by atoms with Crippen LogP contribution in [0.2, 0.25) is 0 Å². The minimum atomic E-state index is -0.564. The number of nitro benzene ring substituents is 1. The molecule has 1 fully saturated rings. The Morgan fingerprint density at radius 3 is 2.91 bits per heavy atom. The van der Waals surface area contributed by atoms with Crippen LogP contribution in [0.1, 0.15) is 36.2 Å². The zero-order valence-electron chi connectivity index (χ0n) is 12.6. The van der Waals surface area contributed by atoms with Crippen molar-refractivity contribution in [2.24, 2.45) is 5.92 Å². The summed E-state index contributed by atoms with van der Waals surface area (Å²) >= 11 is 0. The normalized spacial score (nSPS) is 15.2. The molecule has 1 amide bonds. The lowest BCUT2D eigenvalue weighted by atomic mass is 10.1. The highest BCUT2D eigenvalue weighted by Crippen LogP contribution is 2.39. The van der Waals surface area contributed by atoms with Crippen LogP contribution in [0, 0.1) is 16.0 Å². The van der Waals surface area contributed by atoms with Gasteiger partial charge in [0.05, 0.1) is 28.4 Å². The van der Waals surface area contributed by atoms with Crippen LogP contribution >= 0.6 is 0 Å². The van der Waals surface area contributed by atoms with Crippen LogP contribution in [-0.4, -0.2) is 20.6 Å². The number of rotatable bonds is 5. The molecule has 23 heavy (non-hydrogen) atoms. The zero-order chi connectivity index (χ0) is 16.6. The van der Waals surface area contributed by atoms with Gasteiger partial charge in [0.2, 0.25) is 0 Å². The summed E-state index contributed by atoms with van der Waals surface area (Å²) in [5.74, 6) is 0.149. The fourth-order valence-corrected chi connectivity index (χ4v) is 2.47. The SMILES string of the molecule is C[C@H](C1CC1)n1cc(NC(=O)c2cc([N+](=O)[O-])ccc2N)cn1. The van der Waals surface area contributed by atoms with Crippen molar-refractivity contribution in [1.29, 1.82) is 0 Å². The van der Waals surface area contributed by atoms with Crippen LogP contribution < -0.4 is 11.1 Å². The van der Waals surface area contributed by atoms with E-state index in [4.69, 9.17) is 5.73 Å². The topological polar surface area (TPSA) is 116 Å². The van der Waals surface area contributed by atoms with Crippen molar-refractivity contribution in [2.75, 3.05) is 11.1 Å². The maximum absolute atomic E-state index is 12.3. The van der Waals surface area contributed by atoms with Gasteiger partial charge in [-0.3, -0.25) is 19.6 Å². The van der Waals surface area contributed by atoms with Crippen LogP contribution in [0.4, 0.5) is 17.1 Å². The number of amides is 1. The Hall–Kier alpha value is -2.90. The highest BCUT2D eigenvalue weighted by atomic mass is 16.6. The van der Waals surface area contributed by atoms with Crippen molar-refractivity contribution in [1.82, 2.24) is 9.78 Å². The molecule has 1 heterocycles. The standard InChI is InChI=1S/C15H17N5O3/c1-9(10-2-3-10)19-8-11(7-17-19)18-15(21)13-6-12(20(22)23)4-5-14(13)16/h4-10H,2-3,16H2,1H3,(H,18,21)/t9-/m1/s1. The largest absolute Gasteiger partial charge is 0.398 e. The fraction of sp³-hybridized carbons (Fsp3) is 0.333. The van der Waals surface area contributed by atoms with Crippen molar-refractivity contribution >= 4 is 23.0 Å². The molecule has 0 unspecified atom stereocenters. The minimum absolute atomic E-state index is 0.0715. The zero-order valence-corrected chi connectivity index (χ0v) is 12.6. The van der Waals surface area contributed by atoms with E-state index in [1.54, 1.807) is 12.4 Å². The number of nitrogen functional groups attached to an aromatic ring is 1. The molecule has 8 heteroatoms. The molecule has 0 spiro atoms. The number of carbonyl (C=O) groups excluding carboxylic acids is 1. The number of nitrogens with zero attached hydrogens (tertiary/aromatic N) is 3. The van der Waals surface area contributed by atoms with Gasteiger partial charge in [-0.1, -0.05) is 0 Å². The molecule has 1 aliphatic rings. The third kappa shape index (κ3) is 3.15. The number of benzene rings is 1. The Kier molecular flexibility index (Phi) is 3.73. The van der Waals surface area contributed by atoms with E-state index in [0.717, 1.165) is 0 Å². The number of nitrogens with two attached hydrogens (primary N) is 1. The maximum Gasteiger partial charge on any atom is 0.270 e. The van der Waals surface area contributed by atoms with Crippen LogP contribution in [-0.2, 0) is 0 Å². The highest BCUT2D eigenvalue weighted by Gasteiger charge is 2.29. The van der Waals surface area contributed by atoms with Gasteiger partial charge in [0, 0.05) is 24.0 Å². The second-order valence-corrected chi connectivity index (χ2v) is 5.77. The van der Waals surface area contributed by atoms with E-state index >= 15 is 0 Å². The van der Waals surface area contributed by atoms with Crippen molar-refractivity contribution < 1.29 is 9.72 Å². The molecule has 3 rings (SSSR count). The second-order valence-electron chi connectivity index (χ2n) is 5.77. The van der Waals surface area contributed by atoms with Crippen molar-refractivity contribution in [3.8, 4) is 0 Å². The molecule has 8 nitrogen and oxygen atoms in total. The van der Waals surface area contributed by atoms with E-state index in [1.807, 2.05) is 4.68 Å². The molecule has 1 aromatic heterocycles. The van der Waals surface area contributed by atoms with Crippen LogP contribution in [0.25, 0.3) is 0 Å². The van der Waals surface area contributed by atoms with Crippen molar-refractivity contribution in [3.63, 3.8) is 0 Å². The van der Waals surface area contributed by atoms with Gasteiger partial charge < -0.3 is 11.1 Å². The molecular formula is C15H17N5O3. The molecule has 3 N–H and O–H groups in total. The van der Waals surface area contributed by atoms with Gasteiger partial charge in [0.15, 0.2) is 0 Å². The minimum Gasteiger partial charge on any atom is -0.398 e. The molecule has 120 valence electrons. The first-order valence-electron chi connectivity index (χ1n) is 7.35. The lowest BCUT2D eigenvalue weighted by Gasteiger charge is -2.09. The molecule has 1 aliphatic carbocycles. The first kappa shape index (κ1) is 15.0. The van der Waals surface area contributed by atoms with Gasteiger partial charge in [-0.2, -0.15) is 5.10 Å². The van der Waals surface area contributed by atoms with E-state index < -0.39 is 10.8 Å². The Morgan fingerprint density at radius 1 is 1.52 bits per heavy atom. The number of nitro groups is 1. The number of anilines is 2. The molecule has 0 radical (unpaired) electrons. The first-order valence-corrected chi connectivity index (χ1v) is 7.35. The van der Waals surface area contributed by atoms with E-state index in [-0.39, 0.29) is 16.9 Å². The number of nitrogens with one attached hydrogen (secondary N) is 1. The summed E-state index contributed by atoms with van der Waals surface area (Å²) in [5, 5.41) is 17.7. The van der Waals surface area contributed by atoms with Gasteiger partial charge in [0.1, 0.15) is 0 Å². The molecule has 1 aromatic carbocycles. The van der Waals surface area contributed by atoms with E-state index in [2.05, 4.69) is 17.3 Å². The number of aromatic nitrogens is 2. The summed E-state index contributed by atoms with van der Waals surface area (Å²) in [5.41, 5.74) is 6.36. The number of hydrogen-bond donors (Lipinski definition) is 2. The van der Waals surface area contributed by atoms with Gasteiger partial charge in [-0.05, 0) is 31.7 Å². The molecular weight excluding hydrogens is 298 g/mol. The average molecular weight is 315 g/mol. The fourth-order valence-electron chi connectivity index (χ4n) is 2.47. The predicted molar refractivity (Wildman–Crippen MR) is 85.1 cm³/mol. The summed E-state index contributed by atoms with van der Waals surface area (Å²) in [6.45, 7) is 2.09. The highest BCUT2D eigenvalue weighted by molar-refractivity contribution is 6.08. The number of carbonyl (C=O) groups is 1. The lowest BCUT2D eigenvalue weighted by molar-refractivity contribution is -0.384. The summed E-state index contributed by atoms with van der Waals surface area (Å²) in [7, 11) is 0. The molecule has 2 aromatic rings. The van der Waals surface area contributed by atoms with Crippen molar-refractivity contribution in [2.45, 2.75) is 25.8 Å². The Morgan fingerprint density at radius 2 is 2.26 bits per heavy atom. The van der Waals surface area contributed by atoms with Gasteiger partial charge in [-0.25, -0.2) is 0 Å². The smallest absolute Gasteiger partial charge is 0.270 e. The molecule has 1 saturated carbocycles. The first-order chi connectivity index (χ1) is 11.0. The van der Waals surface area contributed by atoms with Crippen LogP contribution in [0.15, 0.2) is 30.6 Å². The monoisotopic (exact) mass is 315 g/mol. The number of hydrogen-bond acceptors (Lipinski definition) is 5. The summed E-state index contributed by atoms with van der Waals surface area (Å²) in [6.07, 6.45) is 5.72. The third-order valence-electron chi connectivity index (χ3n) is 4.07. The van der Waals surface area contributed by atoms with E-state index in [1.165, 1.54) is 31.0 Å². The van der Waals surface area contributed by atoms with E-state index in [0.29, 0.717) is 17.6 Å². The molecule has 0 saturated heterocycles. The van der Waals surface area contributed by atoms with Crippen molar-refractivity contribution in [3.05, 3.63) is 46.3 Å². The second kappa shape index (κ2) is 5.71. The van der Waals surface area contributed by atoms with E-state index in [9.17, 15) is 14.9 Å². The summed E-state index contributed by atoms with van der Waals surface area (Å²) in [4.78, 5) is 22.5. The van der Waals surface area contributed by atoms with Crippen LogP contribution in [0.3, 0.4) is 0 Å². The molecule has 1 atom stereocenters. The maximum atomic E-state index is 12.3. The summed E-state index contributed by atoms with van der Waals surface area (Å²) < 4.78 is 1.82. The lowest BCUT2D eigenvalue weighted by Crippen LogP contribution is -2.14. The summed E-state index contributed by atoms with van der Waals surface area (Å²) in [6, 6.07) is 4.08. The van der Waals surface area contributed by atoms with Gasteiger partial charge >= 0.3 is 0 Å². The Labute approximate surface area is 132 Å². The van der Waals surface area contributed by atoms with Gasteiger partial charge in [0.25, 0.3) is 11.6 Å². The van der Waals surface area contributed by atoms with Crippen LogP contribution in [0.5, 0.6) is 0 Å². The predicted octanol–water partition coefficient (Wildman–Crippen LogP) is 2.60. The number of non-ortho nitro benzene ring substituents is 1.